The quantitative estimate of drug-likeness (QED) is 0.160. The molecule has 3 heteroatoms. The lowest BCUT2D eigenvalue weighted by atomic mass is 9.94. The lowest BCUT2D eigenvalue weighted by Crippen LogP contribution is -1.94. The smallest absolute Gasteiger partial charge is 0.0541 e. The minimum Gasteiger partial charge on any atom is -0.309 e. The van der Waals surface area contributed by atoms with Crippen molar-refractivity contribution in [2.75, 3.05) is 0 Å². The van der Waals surface area contributed by atoms with E-state index in [-0.39, 0.29) is 0 Å². The van der Waals surface area contributed by atoms with Crippen LogP contribution in [-0.4, -0.2) is 9.13 Å². The van der Waals surface area contributed by atoms with Crippen LogP contribution in [0.4, 0.5) is 0 Å². The molecular formula is C54H32N2S. The van der Waals surface area contributed by atoms with Crippen molar-refractivity contribution in [3.63, 3.8) is 0 Å². The molecule has 0 aliphatic rings. The Morgan fingerprint density at radius 2 is 0.649 bits per heavy atom. The van der Waals surface area contributed by atoms with E-state index in [4.69, 9.17) is 0 Å². The molecule has 264 valence electrons. The summed E-state index contributed by atoms with van der Waals surface area (Å²) in [6.45, 7) is 0. The Balaban J connectivity index is 0.983. The van der Waals surface area contributed by atoms with Crippen molar-refractivity contribution in [1.82, 2.24) is 9.13 Å². The van der Waals surface area contributed by atoms with E-state index in [2.05, 4.69) is 203 Å². The topological polar surface area (TPSA) is 9.86 Å². The number of benzene rings is 10. The fraction of sp³-hybridized carbons (Fsp3) is 0. The molecule has 57 heavy (non-hydrogen) atoms. The lowest BCUT2D eigenvalue weighted by Gasteiger charge is -2.14. The summed E-state index contributed by atoms with van der Waals surface area (Å²) in [6.07, 6.45) is 0. The van der Waals surface area contributed by atoms with Crippen molar-refractivity contribution in [2.24, 2.45) is 0 Å². The second-order valence-corrected chi connectivity index (χ2v) is 16.4. The van der Waals surface area contributed by atoms with Crippen LogP contribution in [0, 0.1) is 0 Å². The molecule has 0 unspecified atom stereocenters. The van der Waals surface area contributed by atoms with Gasteiger partial charge in [0.1, 0.15) is 0 Å². The number of nitrogens with zero attached hydrogens (tertiary/aromatic N) is 2. The lowest BCUT2D eigenvalue weighted by molar-refractivity contribution is 1.19. The van der Waals surface area contributed by atoms with E-state index < -0.39 is 0 Å². The van der Waals surface area contributed by atoms with Crippen molar-refractivity contribution < 1.29 is 0 Å². The molecule has 0 radical (unpaired) electrons. The molecule has 0 N–H and O–H groups in total. The first-order valence-corrected chi connectivity index (χ1v) is 20.4. The van der Waals surface area contributed by atoms with Gasteiger partial charge in [-0.15, -0.1) is 11.3 Å². The third-order valence-electron chi connectivity index (χ3n) is 12.3. The van der Waals surface area contributed by atoms with Gasteiger partial charge in [0.05, 0.1) is 22.1 Å². The molecule has 0 saturated heterocycles. The predicted molar refractivity (Wildman–Crippen MR) is 246 cm³/mol. The first-order valence-electron chi connectivity index (χ1n) is 19.6. The molecule has 13 rings (SSSR count). The molecular weight excluding hydrogens is 709 g/mol. The highest BCUT2D eigenvalue weighted by atomic mass is 32.1. The number of hydrogen-bond donors (Lipinski definition) is 0. The summed E-state index contributed by atoms with van der Waals surface area (Å²) < 4.78 is 7.53. The van der Waals surface area contributed by atoms with Gasteiger partial charge in [0.15, 0.2) is 0 Å². The fourth-order valence-electron chi connectivity index (χ4n) is 9.75. The minimum absolute atomic E-state index is 1.17. The summed E-state index contributed by atoms with van der Waals surface area (Å²) in [5, 5.41) is 15.4. The van der Waals surface area contributed by atoms with E-state index in [1.807, 2.05) is 11.3 Å². The van der Waals surface area contributed by atoms with Crippen LogP contribution < -0.4 is 0 Å². The summed E-state index contributed by atoms with van der Waals surface area (Å²) >= 11 is 1.87. The van der Waals surface area contributed by atoms with E-state index in [1.54, 1.807) is 0 Å². The molecule has 3 heterocycles. The zero-order valence-electron chi connectivity index (χ0n) is 30.8. The van der Waals surface area contributed by atoms with Gasteiger partial charge in [-0.1, -0.05) is 127 Å². The molecule has 0 aliphatic carbocycles. The Morgan fingerprint density at radius 1 is 0.246 bits per heavy atom. The van der Waals surface area contributed by atoms with Gasteiger partial charge < -0.3 is 9.13 Å². The van der Waals surface area contributed by atoms with E-state index in [0.29, 0.717) is 0 Å². The van der Waals surface area contributed by atoms with Crippen LogP contribution in [0.2, 0.25) is 0 Å². The Labute approximate surface area is 331 Å². The molecule has 10 aromatic carbocycles. The van der Waals surface area contributed by atoms with Gasteiger partial charge in [0, 0.05) is 53.1 Å². The normalized spacial score (nSPS) is 12.2. The third-order valence-corrected chi connectivity index (χ3v) is 13.4. The zero-order chi connectivity index (χ0) is 37.2. The molecule has 0 spiro atoms. The number of fused-ring (bicyclic) bond motifs is 15. The number of para-hydroxylation sites is 2. The highest BCUT2D eigenvalue weighted by Gasteiger charge is 2.18. The van der Waals surface area contributed by atoms with E-state index in [1.165, 1.54) is 119 Å². The molecule has 0 saturated carbocycles. The summed E-state index contributed by atoms with van der Waals surface area (Å²) in [4.78, 5) is 0. The number of hydrogen-bond acceptors (Lipinski definition) is 1. The average Bonchev–Trinajstić information content (AvgIpc) is 3.93. The summed E-state index contributed by atoms with van der Waals surface area (Å²) in [5.41, 5.74) is 9.65. The van der Waals surface area contributed by atoms with Gasteiger partial charge >= 0.3 is 0 Å². The maximum atomic E-state index is 2.45. The molecule has 3 aromatic heterocycles. The van der Waals surface area contributed by atoms with E-state index in [0.717, 1.165) is 0 Å². The van der Waals surface area contributed by atoms with Crippen LogP contribution in [0.15, 0.2) is 194 Å². The third kappa shape index (κ3) is 4.40. The summed E-state index contributed by atoms with van der Waals surface area (Å²) in [6, 6.07) is 72.0. The van der Waals surface area contributed by atoms with Crippen LogP contribution in [0.1, 0.15) is 0 Å². The molecule has 0 amide bonds. The first kappa shape index (κ1) is 31.1. The Bertz CT molecular complexity index is 3780. The standard InChI is InChI=1S/C54H32N2S/c1-2-13-39-37(11-1)38-12-3-4-14-40(38)46-31-35(23-25-41(39)46)55-49-18-8-5-15-42(49)47-29-33(21-27-51(47)55)34-22-28-52-48(30-34)43-16-6-9-19-50(43)56(52)36-24-26-45-44-17-7-10-20-53(44)57-54(45)32-36/h1-32H. The molecule has 0 fully saturated rings. The Hall–Kier alpha value is -7.20. The minimum atomic E-state index is 1.17. The predicted octanol–water partition coefficient (Wildman–Crippen LogP) is 15.4. The highest BCUT2D eigenvalue weighted by Crippen LogP contribution is 2.42. The fourth-order valence-corrected chi connectivity index (χ4v) is 10.9. The Morgan fingerprint density at radius 3 is 1.23 bits per heavy atom. The average molecular weight is 741 g/mol. The number of thiophene rings is 1. The van der Waals surface area contributed by atoms with E-state index in [9.17, 15) is 0 Å². The maximum Gasteiger partial charge on any atom is 0.0541 e. The molecule has 0 aliphatic heterocycles. The van der Waals surface area contributed by atoms with Gasteiger partial charge in [-0.25, -0.2) is 0 Å². The largest absolute Gasteiger partial charge is 0.309 e. The van der Waals surface area contributed by atoms with Crippen LogP contribution >= 0.6 is 11.3 Å². The van der Waals surface area contributed by atoms with Crippen molar-refractivity contribution in [2.45, 2.75) is 0 Å². The molecule has 0 atom stereocenters. The maximum absolute atomic E-state index is 2.45. The van der Waals surface area contributed by atoms with Crippen LogP contribution in [-0.2, 0) is 0 Å². The Kier molecular flexibility index (Phi) is 6.35. The monoisotopic (exact) mass is 740 g/mol. The summed E-state index contributed by atoms with van der Waals surface area (Å²) in [7, 11) is 0. The molecule has 2 nitrogen and oxygen atoms in total. The summed E-state index contributed by atoms with van der Waals surface area (Å²) in [5.74, 6) is 0. The second-order valence-electron chi connectivity index (χ2n) is 15.3. The number of aromatic nitrogens is 2. The number of rotatable bonds is 3. The second kappa shape index (κ2) is 11.7. The first-order chi connectivity index (χ1) is 28.3. The van der Waals surface area contributed by atoms with Gasteiger partial charge in [-0.2, -0.15) is 0 Å². The zero-order valence-corrected chi connectivity index (χ0v) is 31.6. The molecule has 0 bridgehead atoms. The highest BCUT2D eigenvalue weighted by molar-refractivity contribution is 7.25. The van der Waals surface area contributed by atoms with E-state index >= 15 is 0 Å². The van der Waals surface area contributed by atoms with Gasteiger partial charge in [0.25, 0.3) is 0 Å². The van der Waals surface area contributed by atoms with Gasteiger partial charge in [0.2, 0.25) is 0 Å². The SMILES string of the molecule is c1ccc2c(c1)sc1cc(-n3c4ccccc4c4cc(-c5ccc6c(c5)c5ccccc5n6-c5ccc6c7ccccc7c7ccccc7c6c5)ccc43)ccc12. The van der Waals surface area contributed by atoms with Crippen molar-refractivity contribution in [3.05, 3.63) is 194 Å². The van der Waals surface area contributed by atoms with Crippen LogP contribution in [0.3, 0.4) is 0 Å². The van der Waals surface area contributed by atoms with Crippen molar-refractivity contribution in [3.8, 4) is 22.5 Å². The van der Waals surface area contributed by atoms with Crippen molar-refractivity contribution in [1.29, 1.82) is 0 Å². The molecule has 13 aromatic rings. The van der Waals surface area contributed by atoms with Crippen LogP contribution in [0.5, 0.6) is 0 Å². The van der Waals surface area contributed by atoms with Crippen LogP contribution in [0.25, 0.3) is 119 Å². The van der Waals surface area contributed by atoms with Gasteiger partial charge in [-0.05, 0) is 110 Å². The van der Waals surface area contributed by atoms with Crippen molar-refractivity contribution >= 4 is 107 Å². The van der Waals surface area contributed by atoms with Gasteiger partial charge in [-0.3, -0.25) is 0 Å².